The fraction of sp³-hybridized carbons (Fsp3) is 0.538. The Hall–Kier alpha value is -0.520. The van der Waals surface area contributed by atoms with E-state index in [1.54, 1.807) is 18.2 Å². The summed E-state index contributed by atoms with van der Waals surface area (Å²) < 4.78 is 5.40. The van der Waals surface area contributed by atoms with E-state index >= 15 is 0 Å². The molecule has 19 heavy (non-hydrogen) atoms. The van der Waals surface area contributed by atoms with Gasteiger partial charge in [-0.1, -0.05) is 23.2 Å². The minimum atomic E-state index is -0.684. The van der Waals surface area contributed by atoms with Crippen LogP contribution >= 0.6 is 23.2 Å². The molecule has 0 amide bonds. The van der Waals surface area contributed by atoms with Gasteiger partial charge in [0.2, 0.25) is 0 Å². The van der Waals surface area contributed by atoms with Gasteiger partial charge >= 0.3 is 0 Å². The van der Waals surface area contributed by atoms with E-state index in [0.29, 0.717) is 15.8 Å². The highest BCUT2D eigenvalue weighted by atomic mass is 35.5. The minimum absolute atomic E-state index is 0.137. The first-order chi connectivity index (χ1) is 8.78. The molecule has 0 saturated heterocycles. The van der Waals surface area contributed by atoms with Crippen molar-refractivity contribution in [2.24, 2.45) is 0 Å². The number of halogens is 2. The number of aliphatic hydroxyl groups is 1. The molecule has 0 aromatic heterocycles. The van der Waals surface area contributed by atoms with Crippen LogP contribution < -0.4 is 10.2 Å². The second-order valence-electron chi connectivity index (χ2n) is 5.10. The molecule has 0 aliphatic carbocycles. The Balaban J connectivity index is 2.29. The number of hydrogen-bond donors (Lipinski definition) is 2. The first-order valence-electron chi connectivity index (χ1n) is 5.95. The van der Waals surface area contributed by atoms with E-state index in [1.807, 2.05) is 20.8 Å². The Morgan fingerprint density at radius 3 is 2.53 bits per heavy atom. The van der Waals surface area contributed by atoms with E-state index in [9.17, 15) is 5.11 Å². The molecule has 6 heteroatoms. The molecule has 1 unspecified atom stereocenters. The average Bonchev–Trinajstić information content (AvgIpc) is 2.29. The van der Waals surface area contributed by atoms with Gasteiger partial charge in [-0.25, -0.2) is 0 Å². The molecule has 4 nitrogen and oxygen atoms in total. The Morgan fingerprint density at radius 1 is 1.26 bits per heavy atom. The highest BCUT2D eigenvalue weighted by molar-refractivity contribution is 6.42. The molecule has 0 radical (unpaired) electrons. The largest absolute Gasteiger partial charge is 0.491 e. The molecule has 0 fully saturated rings. The molecule has 0 saturated carbocycles. The molecular weight excluding hydrogens is 289 g/mol. The standard InChI is InChI=1S/C13H19Cl2NO3/c1-13(2,3)19-16-7-9(17)8-18-10-4-5-11(14)12(15)6-10/h4-6,9,16-17H,7-8H2,1-3H3. The van der Waals surface area contributed by atoms with Crippen LogP contribution in [-0.2, 0) is 4.84 Å². The van der Waals surface area contributed by atoms with E-state index in [-0.39, 0.29) is 18.8 Å². The van der Waals surface area contributed by atoms with Gasteiger partial charge in [0.15, 0.2) is 0 Å². The second-order valence-corrected chi connectivity index (χ2v) is 5.92. The maximum atomic E-state index is 9.70. The number of hydroxylamine groups is 1. The molecule has 0 bridgehead atoms. The summed E-state index contributed by atoms with van der Waals surface area (Å²) >= 11 is 11.6. The van der Waals surface area contributed by atoms with Gasteiger partial charge in [-0.15, -0.1) is 0 Å². The normalized spacial score (nSPS) is 13.4. The SMILES string of the molecule is CC(C)(C)ONCC(O)COc1ccc(Cl)c(Cl)c1. The molecule has 1 rings (SSSR count). The first kappa shape index (κ1) is 16.5. The summed E-state index contributed by atoms with van der Waals surface area (Å²) in [5, 5.41) is 10.6. The average molecular weight is 308 g/mol. The fourth-order valence-corrected chi connectivity index (χ4v) is 1.46. The van der Waals surface area contributed by atoms with Gasteiger partial charge in [-0.3, -0.25) is 4.84 Å². The maximum absolute atomic E-state index is 9.70. The van der Waals surface area contributed by atoms with Gasteiger partial charge < -0.3 is 9.84 Å². The number of ether oxygens (including phenoxy) is 1. The van der Waals surface area contributed by atoms with Crippen molar-refractivity contribution in [2.75, 3.05) is 13.2 Å². The van der Waals surface area contributed by atoms with Gasteiger partial charge in [0.1, 0.15) is 18.5 Å². The summed E-state index contributed by atoms with van der Waals surface area (Å²) in [6, 6.07) is 4.95. The second kappa shape index (κ2) is 7.31. The van der Waals surface area contributed by atoms with Crippen LogP contribution in [0.25, 0.3) is 0 Å². The van der Waals surface area contributed by atoms with Crippen molar-refractivity contribution in [1.29, 1.82) is 0 Å². The van der Waals surface area contributed by atoms with Crippen LogP contribution in [0.3, 0.4) is 0 Å². The lowest BCUT2D eigenvalue weighted by Crippen LogP contribution is -2.36. The monoisotopic (exact) mass is 307 g/mol. The highest BCUT2D eigenvalue weighted by Gasteiger charge is 2.12. The summed E-state index contributed by atoms with van der Waals surface area (Å²) in [5.41, 5.74) is 2.40. The number of rotatable bonds is 6. The van der Waals surface area contributed by atoms with Crippen molar-refractivity contribution in [3.05, 3.63) is 28.2 Å². The Morgan fingerprint density at radius 2 is 1.95 bits per heavy atom. The van der Waals surface area contributed by atoms with Crippen molar-refractivity contribution < 1.29 is 14.7 Å². The van der Waals surface area contributed by atoms with Gasteiger partial charge in [-0.2, -0.15) is 5.48 Å². The predicted octanol–water partition coefficient (Wildman–Crippen LogP) is 3.05. The first-order valence-corrected chi connectivity index (χ1v) is 6.70. The van der Waals surface area contributed by atoms with Crippen molar-refractivity contribution in [3.63, 3.8) is 0 Å². The van der Waals surface area contributed by atoms with Crippen LogP contribution in [0.2, 0.25) is 10.0 Å². The van der Waals surface area contributed by atoms with E-state index in [2.05, 4.69) is 5.48 Å². The summed E-state index contributed by atoms with van der Waals surface area (Å²) in [6.07, 6.45) is -0.684. The topological polar surface area (TPSA) is 50.7 Å². The third kappa shape index (κ3) is 6.99. The van der Waals surface area contributed by atoms with Crippen molar-refractivity contribution in [1.82, 2.24) is 5.48 Å². The smallest absolute Gasteiger partial charge is 0.121 e. The van der Waals surface area contributed by atoms with Crippen LogP contribution in [0.4, 0.5) is 0 Å². The summed E-state index contributed by atoms with van der Waals surface area (Å²) in [7, 11) is 0. The van der Waals surface area contributed by atoms with E-state index in [4.69, 9.17) is 32.8 Å². The van der Waals surface area contributed by atoms with Crippen molar-refractivity contribution in [2.45, 2.75) is 32.5 Å². The number of benzene rings is 1. The molecule has 2 N–H and O–H groups in total. The van der Waals surface area contributed by atoms with Crippen LogP contribution in [0.15, 0.2) is 18.2 Å². The Kier molecular flexibility index (Phi) is 6.36. The van der Waals surface area contributed by atoms with Gasteiger partial charge in [-0.05, 0) is 32.9 Å². The van der Waals surface area contributed by atoms with Crippen molar-refractivity contribution in [3.8, 4) is 5.75 Å². The van der Waals surface area contributed by atoms with Gasteiger partial charge in [0, 0.05) is 6.07 Å². The lowest BCUT2D eigenvalue weighted by Gasteiger charge is -2.21. The molecule has 0 heterocycles. The number of hydrogen-bond acceptors (Lipinski definition) is 4. The summed E-state index contributed by atoms with van der Waals surface area (Å²) in [4.78, 5) is 5.28. The molecular formula is C13H19Cl2NO3. The van der Waals surface area contributed by atoms with Crippen LogP contribution in [-0.4, -0.2) is 30.0 Å². The maximum Gasteiger partial charge on any atom is 0.121 e. The van der Waals surface area contributed by atoms with Gasteiger partial charge in [0.05, 0.1) is 22.2 Å². The lowest BCUT2D eigenvalue weighted by atomic mass is 10.2. The number of aliphatic hydroxyl groups excluding tert-OH is 1. The summed E-state index contributed by atoms with van der Waals surface area (Å²) in [5.74, 6) is 0.560. The highest BCUT2D eigenvalue weighted by Crippen LogP contribution is 2.26. The quantitative estimate of drug-likeness (QED) is 0.793. The number of nitrogens with one attached hydrogen (secondary N) is 1. The molecule has 108 valence electrons. The molecule has 1 aromatic rings. The zero-order valence-electron chi connectivity index (χ0n) is 11.2. The van der Waals surface area contributed by atoms with Crippen molar-refractivity contribution >= 4 is 23.2 Å². The zero-order chi connectivity index (χ0) is 14.5. The molecule has 0 spiro atoms. The van der Waals surface area contributed by atoms with E-state index < -0.39 is 6.10 Å². The predicted molar refractivity (Wildman–Crippen MR) is 76.8 cm³/mol. The van der Waals surface area contributed by atoms with Crippen LogP contribution in [0, 0.1) is 0 Å². The lowest BCUT2D eigenvalue weighted by molar-refractivity contribution is -0.0857. The molecule has 0 aliphatic rings. The van der Waals surface area contributed by atoms with E-state index in [1.165, 1.54) is 0 Å². The fourth-order valence-electron chi connectivity index (χ4n) is 1.17. The molecule has 1 atom stereocenters. The van der Waals surface area contributed by atoms with E-state index in [0.717, 1.165) is 0 Å². The third-order valence-electron chi connectivity index (χ3n) is 2.03. The van der Waals surface area contributed by atoms with Gasteiger partial charge in [0.25, 0.3) is 0 Å². The Bertz CT molecular complexity index is 407. The van der Waals surface area contributed by atoms with Crippen LogP contribution in [0.1, 0.15) is 20.8 Å². The summed E-state index contributed by atoms with van der Waals surface area (Å²) in [6.45, 7) is 6.16. The minimum Gasteiger partial charge on any atom is -0.491 e. The van der Waals surface area contributed by atoms with Crippen LogP contribution in [0.5, 0.6) is 5.75 Å². The zero-order valence-corrected chi connectivity index (χ0v) is 12.8. The third-order valence-corrected chi connectivity index (χ3v) is 2.77. The molecule has 1 aromatic carbocycles. The molecule has 0 aliphatic heterocycles. The Labute approximate surface area is 123 Å².